The van der Waals surface area contributed by atoms with Crippen LogP contribution in [0.3, 0.4) is 0 Å². The minimum Gasteiger partial charge on any atom is -0.477 e. The number of rotatable bonds is 2. The fourth-order valence-electron chi connectivity index (χ4n) is 1.42. The standard InChI is InChI=1S/C9H5F3N2O2/c10-2-14-3-13-8-5(14)1-4(11)6(7(8)12)9(15)16/h1,3H,2H2,(H,15,16). The highest BCUT2D eigenvalue weighted by atomic mass is 19.1. The molecule has 7 heteroatoms. The van der Waals surface area contributed by atoms with Crippen molar-refractivity contribution in [1.29, 1.82) is 0 Å². The SMILES string of the molecule is O=C(O)c1c(F)cc2c(ncn2CF)c1F. The van der Waals surface area contributed by atoms with Gasteiger partial charge in [-0.05, 0) is 0 Å². The Morgan fingerprint density at radius 3 is 2.75 bits per heavy atom. The molecular weight excluding hydrogens is 225 g/mol. The van der Waals surface area contributed by atoms with Crippen molar-refractivity contribution in [2.75, 3.05) is 0 Å². The summed E-state index contributed by atoms with van der Waals surface area (Å²) in [6.07, 6.45) is 0.971. The van der Waals surface area contributed by atoms with Crippen LogP contribution in [0.2, 0.25) is 0 Å². The topological polar surface area (TPSA) is 55.1 Å². The van der Waals surface area contributed by atoms with Gasteiger partial charge in [-0.15, -0.1) is 0 Å². The van der Waals surface area contributed by atoms with Crippen molar-refractivity contribution >= 4 is 17.0 Å². The Bertz CT molecular complexity index is 580. The van der Waals surface area contributed by atoms with Crippen LogP contribution in [-0.2, 0) is 6.80 Å². The van der Waals surface area contributed by atoms with E-state index in [2.05, 4.69) is 4.98 Å². The number of halogens is 3. The maximum atomic E-state index is 13.5. The fourth-order valence-corrected chi connectivity index (χ4v) is 1.42. The van der Waals surface area contributed by atoms with Gasteiger partial charge in [-0.2, -0.15) is 0 Å². The van der Waals surface area contributed by atoms with Crippen LogP contribution in [0.1, 0.15) is 10.4 Å². The third-order valence-corrected chi connectivity index (χ3v) is 2.15. The number of imidazole rings is 1. The highest BCUT2D eigenvalue weighted by molar-refractivity contribution is 5.93. The Balaban J connectivity index is 2.85. The maximum Gasteiger partial charge on any atom is 0.341 e. The molecule has 0 atom stereocenters. The Hall–Kier alpha value is -2.05. The Morgan fingerprint density at radius 1 is 1.50 bits per heavy atom. The van der Waals surface area contributed by atoms with E-state index < -0.39 is 30.0 Å². The summed E-state index contributed by atoms with van der Waals surface area (Å²) in [5, 5.41) is 8.58. The van der Waals surface area contributed by atoms with E-state index in [1.165, 1.54) is 0 Å². The minimum absolute atomic E-state index is 0.123. The average Bonchev–Trinajstić information content (AvgIpc) is 2.60. The molecule has 0 radical (unpaired) electrons. The van der Waals surface area contributed by atoms with Crippen molar-refractivity contribution in [3.8, 4) is 0 Å². The average molecular weight is 230 g/mol. The lowest BCUT2D eigenvalue weighted by Crippen LogP contribution is -2.05. The number of carbonyl (C=O) groups is 1. The second-order valence-corrected chi connectivity index (χ2v) is 3.05. The molecule has 0 spiro atoms. The summed E-state index contributed by atoms with van der Waals surface area (Å²) in [6.45, 7) is -0.998. The van der Waals surface area contributed by atoms with E-state index in [0.717, 1.165) is 17.0 Å². The molecule has 2 aromatic rings. The monoisotopic (exact) mass is 230 g/mol. The lowest BCUT2D eigenvalue weighted by Gasteiger charge is -2.02. The number of aromatic carboxylic acids is 1. The minimum atomic E-state index is -1.73. The van der Waals surface area contributed by atoms with Crippen molar-refractivity contribution in [3.05, 3.63) is 29.6 Å². The molecule has 1 heterocycles. The van der Waals surface area contributed by atoms with E-state index in [1.807, 2.05) is 0 Å². The summed E-state index contributed by atoms with van der Waals surface area (Å²) >= 11 is 0. The molecule has 0 aliphatic heterocycles. The number of carboxylic acid groups (broad SMARTS) is 1. The van der Waals surface area contributed by atoms with Crippen molar-refractivity contribution in [2.45, 2.75) is 6.80 Å². The molecular formula is C9H5F3N2O2. The van der Waals surface area contributed by atoms with Crippen LogP contribution in [-0.4, -0.2) is 20.6 Å². The number of benzene rings is 1. The third-order valence-electron chi connectivity index (χ3n) is 2.15. The molecule has 0 bridgehead atoms. The summed E-state index contributed by atoms with van der Waals surface area (Å²) in [5.41, 5.74) is -1.57. The first kappa shape index (κ1) is 10.5. The predicted octanol–water partition coefficient (Wildman–Crippen LogP) is 1.94. The number of fused-ring (bicyclic) bond motifs is 1. The van der Waals surface area contributed by atoms with Gasteiger partial charge in [0.15, 0.2) is 12.6 Å². The van der Waals surface area contributed by atoms with Crippen LogP contribution in [0.15, 0.2) is 12.4 Å². The van der Waals surface area contributed by atoms with Gasteiger partial charge in [-0.25, -0.2) is 22.9 Å². The zero-order chi connectivity index (χ0) is 11.9. The predicted molar refractivity (Wildman–Crippen MR) is 47.7 cm³/mol. The highest BCUT2D eigenvalue weighted by Gasteiger charge is 2.22. The van der Waals surface area contributed by atoms with Gasteiger partial charge in [-0.3, -0.25) is 0 Å². The van der Waals surface area contributed by atoms with Gasteiger partial charge in [0.05, 0.1) is 11.8 Å². The van der Waals surface area contributed by atoms with E-state index in [1.54, 1.807) is 0 Å². The van der Waals surface area contributed by atoms with Crippen molar-refractivity contribution in [1.82, 2.24) is 9.55 Å². The van der Waals surface area contributed by atoms with Crippen LogP contribution < -0.4 is 0 Å². The first-order chi connectivity index (χ1) is 7.56. The first-order valence-electron chi connectivity index (χ1n) is 4.18. The lowest BCUT2D eigenvalue weighted by molar-refractivity contribution is 0.0687. The summed E-state index contributed by atoms with van der Waals surface area (Å²) in [5.74, 6) is -4.28. The number of carboxylic acids is 1. The summed E-state index contributed by atoms with van der Waals surface area (Å²) in [4.78, 5) is 14.1. The number of hydrogen-bond acceptors (Lipinski definition) is 2. The van der Waals surface area contributed by atoms with Crippen molar-refractivity contribution < 1.29 is 23.1 Å². The summed E-state index contributed by atoms with van der Waals surface area (Å²) in [6, 6.07) is 0.744. The molecule has 84 valence electrons. The van der Waals surface area contributed by atoms with E-state index in [0.29, 0.717) is 0 Å². The van der Waals surface area contributed by atoms with Crippen molar-refractivity contribution in [2.24, 2.45) is 0 Å². The normalized spacial score (nSPS) is 10.9. The second kappa shape index (κ2) is 3.51. The molecule has 0 aliphatic carbocycles. The fraction of sp³-hybridized carbons (Fsp3) is 0.111. The van der Waals surface area contributed by atoms with Gasteiger partial charge in [-0.1, -0.05) is 0 Å². The zero-order valence-electron chi connectivity index (χ0n) is 7.75. The highest BCUT2D eigenvalue weighted by Crippen LogP contribution is 2.23. The van der Waals surface area contributed by atoms with Crippen LogP contribution in [0.4, 0.5) is 13.2 Å². The lowest BCUT2D eigenvalue weighted by atomic mass is 10.1. The van der Waals surface area contributed by atoms with Gasteiger partial charge in [0.2, 0.25) is 0 Å². The maximum absolute atomic E-state index is 13.5. The van der Waals surface area contributed by atoms with Gasteiger partial charge >= 0.3 is 5.97 Å². The van der Waals surface area contributed by atoms with Crippen LogP contribution in [0, 0.1) is 11.6 Å². The quantitative estimate of drug-likeness (QED) is 0.857. The molecule has 0 unspecified atom stereocenters. The molecule has 0 saturated heterocycles. The Morgan fingerprint density at radius 2 is 2.19 bits per heavy atom. The van der Waals surface area contributed by atoms with E-state index in [9.17, 15) is 18.0 Å². The van der Waals surface area contributed by atoms with Crippen molar-refractivity contribution in [3.63, 3.8) is 0 Å². The number of aromatic nitrogens is 2. The molecule has 1 N–H and O–H groups in total. The third kappa shape index (κ3) is 1.32. The zero-order valence-corrected chi connectivity index (χ0v) is 7.75. The van der Waals surface area contributed by atoms with E-state index in [4.69, 9.17) is 5.11 Å². The molecule has 2 rings (SSSR count). The smallest absolute Gasteiger partial charge is 0.341 e. The summed E-state index contributed by atoms with van der Waals surface area (Å²) in [7, 11) is 0. The van der Waals surface area contributed by atoms with Crippen LogP contribution >= 0.6 is 0 Å². The number of nitrogens with zero attached hydrogens (tertiary/aromatic N) is 2. The van der Waals surface area contributed by atoms with Gasteiger partial charge < -0.3 is 9.67 Å². The van der Waals surface area contributed by atoms with E-state index >= 15 is 0 Å². The summed E-state index contributed by atoms with van der Waals surface area (Å²) < 4.78 is 40.0. The van der Waals surface area contributed by atoms with Gasteiger partial charge in [0.1, 0.15) is 16.9 Å². The Labute approximate surface area is 86.9 Å². The molecule has 0 saturated carbocycles. The van der Waals surface area contributed by atoms with Crippen LogP contribution in [0.25, 0.3) is 11.0 Å². The number of hydrogen-bond donors (Lipinski definition) is 1. The Kier molecular flexibility index (Phi) is 2.30. The molecule has 0 amide bonds. The molecule has 1 aromatic heterocycles. The van der Waals surface area contributed by atoms with Crippen LogP contribution in [0.5, 0.6) is 0 Å². The van der Waals surface area contributed by atoms with E-state index in [-0.39, 0.29) is 11.0 Å². The molecule has 16 heavy (non-hydrogen) atoms. The molecule has 4 nitrogen and oxygen atoms in total. The van der Waals surface area contributed by atoms with Gasteiger partial charge in [0, 0.05) is 6.07 Å². The molecule has 0 aliphatic rings. The number of alkyl halides is 1. The van der Waals surface area contributed by atoms with Gasteiger partial charge in [0.25, 0.3) is 0 Å². The second-order valence-electron chi connectivity index (χ2n) is 3.05. The molecule has 0 fully saturated rings. The first-order valence-corrected chi connectivity index (χ1v) is 4.18. The molecule has 1 aromatic carbocycles. The largest absolute Gasteiger partial charge is 0.477 e.